The number of rotatable bonds is 4. The quantitative estimate of drug-likeness (QED) is 0.397. The molecule has 2 aromatic carbocycles. The van der Waals surface area contributed by atoms with Gasteiger partial charge < -0.3 is 15.0 Å². The molecule has 1 amide bonds. The van der Waals surface area contributed by atoms with Gasteiger partial charge in [0.2, 0.25) is 11.8 Å². The van der Waals surface area contributed by atoms with Crippen LogP contribution < -0.4 is 14.8 Å². The van der Waals surface area contributed by atoms with E-state index in [1.54, 1.807) is 12.1 Å². The van der Waals surface area contributed by atoms with Crippen molar-refractivity contribution < 1.29 is 22.3 Å². The van der Waals surface area contributed by atoms with Crippen molar-refractivity contribution in [3.8, 4) is 17.1 Å². The minimum atomic E-state index is -4.23. The van der Waals surface area contributed by atoms with Crippen LogP contribution in [0, 0.1) is 31.0 Å². The second kappa shape index (κ2) is 11.7. The number of carbonyl (C=O) groups excluding carboxylic acids is 1. The Labute approximate surface area is 258 Å². The smallest absolute Gasteiger partial charge is 0.264 e. The highest BCUT2D eigenvalue weighted by Gasteiger charge is 2.49. The second-order valence-electron chi connectivity index (χ2n) is 13.0. The molecule has 234 valence electrons. The van der Waals surface area contributed by atoms with Gasteiger partial charge in [-0.2, -0.15) is 9.37 Å². The van der Waals surface area contributed by atoms with Crippen LogP contribution in [0.15, 0.2) is 47.4 Å². The predicted octanol–water partition coefficient (Wildman–Crippen LogP) is 5.48. The van der Waals surface area contributed by atoms with Gasteiger partial charge in [-0.25, -0.2) is 18.1 Å². The van der Waals surface area contributed by atoms with Crippen molar-refractivity contribution in [1.82, 2.24) is 20.2 Å². The first-order valence-corrected chi connectivity index (χ1v) is 16.9. The molecule has 6 rings (SSSR count). The molecule has 1 aliphatic carbocycles. The lowest BCUT2D eigenvalue weighted by Gasteiger charge is -2.55. The van der Waals surface area contributed by atoms with Gasteiger partial charge in [-0.05, 0) is 99.7 Å². The molecular formula is C33H40FN5O4S. The fourth-order valence-corrected chi connectivity index (χ4v) is 8.15. The number of nitrogens with zero attached hydrogens (tertiary/aromatic N) is 3. The molecule has 4 bridgehead atoms. The molecule has 2 fully saturated rings. The van der Waals surface area contributed by atoms with E-state index in [1.807, 2.05) is 36.9 Å². The Morgan fingerprint density at radius 3 is 2.43 bits per heavy atom. The Hall–Kier alpha value is -3.57. The zero-order valence-corrected chi connectivity index (χ0v) is 26.5. The summed E-state index contributed by atoms with van der Waals surface area (Å²) in [6, 6.07) is 11.2. The number of amides is 1. The Kier molecular flexibility index (Phi) is 8.13. The van der Waals surface area contributed by atoms with Crippen LogP contribution >= 0.6 is 0 Å². The van der Waals surface area contributed by atoms with E-state index in [4.69, 9.17) is 4.74 Å². The molecule has 3 aliphatic rings. The Morgan fingerprint density at radius 2 is 1.75 bits per heavy atom. The number of aryl methyl sites for hydroxylation is 2. The minimum absolute atomic E-state index is 0.000976. The molecule has 1 spiro atoms. The van der Waals surface area contributed by atoms with Crippen molar-refractivity contribution in [2.24, 2.45) is 11.3 Å². The van der Waals surface area contributed by atoms with Gasteiger partial charge in [0.25, 0.3) is 21.8 Å². The SMILES string of the molecule is Cc1cccc(C)c1-c1nc2nc(c1F)OC[C@@H](CC(C)C)N(C1CC3(CCNCC3)C1)C(=O)c1cccc(c1)S(=O)(=O)N2. The normalized spacial score (nSPS) is 21.5. The summed E-state index contributed by atoms with van der Waals surface area (Å²) in [5, 5.41) is 3.43. The number of halogens is 1. The molecule has 3 aromatic rings. The summed E-state index contributed by atoms with van der Waals surface area (Å²) in [5.74, 6) is -1.48. The molecule has 11 heteroatoms. The van der Waals surface area contributed by atoms with E-state index in [9.17, 15) is 13.2 Å². The number of piperidine rings is 1. The number of nitrogens with one attached hydrogen (secondary N) is 2. The lowest BCUT2D eigenvalue weighted by Crippen LogP contribution is -2.59. The number of hydrogen-bond donors (Lipinski definition) is 2. The summed E-state index contributed by atoms with van der Waals surface area (Å²) >= 11 is 0. The van der Waals surface area contributed by atoms with Crippen LogP contribution in [-0.4, -0.2) is 61.0 Å². The molecule has 1 saturated carbocycles. The lowest BCUT2D eigenvalue weighted by atomic mass is 9.60. The highest BCUT2D eigenvalue weighted by Crippen LogP contribution is 2.51. The first-order chi connectivity index (χ1) is 21.0. The fourth-order valence-electron chi connectivity index (χ4n) is 7.16. The average Bonchev–Trinajstić information content (AvgIpc) is 2.96. The summed E-state index contributed by atoms with van der Waals surface area (Å²) < 4.78 is 52.0. The molecule has 1 saturated heterocycles. The molecule has 0 radical (unpaired) electrons. The first-order valence-electron chi connectivity index (χ1n) is 15.4. The summed E-state index contributed by atoms with van der Waals surface area (Å²) in [5.41, 5.74) is 2.53. The third-order valence-corrected chi connectivity index (χ3v) is 10.7. The summed E-state index contributed by atoms with van der Waals surface area (Å²) in [6.07, 6.45) is 4.49. The number of hydrogen-bond acceptors (Lipinski definition) is 7. The second-order valence-corrected chi connectivity index (χ2v) is 14.7. The van der Waals surface area contributed by atoms with Gasteiger partial charge in [-0.15, -0.1) is 0 Å². The van der Waals surface area contributed by atoms with E-state index in [0.717, 1.165) is 49.9 Å². The van der Waals surface area contributed by atoms with Gasteiger partial charge in [-0.3, -0.25) is 4.79 Å². The van der Waals surface area contributed by atoms with Crippen LogP contribution in [0.2, 0.25) is 0 Å². The van der Waals surface area contributed by atoms with E-state index in [0.29, 0.717) is 12.0 Å². The van der Waals surface area contributed by atoms with Gasteiger partial charge in [-0.1, -0.05) is 38.1 Å². The number of benzene rings is 2. The molecule has 9 nitrogen and oxygen atoms in total. The summed E-state index contributed by atoms with van der Waals surface area (Å²) in [4.78, 5) is 24.7. The molecule has 1 aromatic heterocycles. The molecule has 2 N–H and O–H groups in total. The van der Waals surface area contributed by atoms with Gasteiger partial charge in [0.1, 0.15) is 12.3 Å². The number of fused-ring (bicyclic) bond motifs is 4. The van der Waals surface area contributed by atoms with Crippen molar-refractivity contribution in [3.05, 3.63) is 65.0 Å². The van der Waals surface area contributed by atoms with E-state index in [2.05, 4.69) is 33.9 Å². The standard InChI is InChI=1S/C33H40FN5O4S/c1-20(2)15-24-19-43-30-28(34)29(27-21(3)7-5-8-22(27)4)36-32(37-30)38-44(41,42)26-10-6-9-23(16-26)31(40)39(24)25-17-33(18-25)11-13-35-14-12-33/h5-10,16,20,24-25,35H,11-15,17-19H2,1-4H3,(H,36,37,38)/t24-/m1/s1. The van der Waals surface area contributed by atoms with Crippen molar-refractivity contribution in [2.45, 2.75) is 76.8 Å². The largest absolute Gasteiger partial charge is 0.473 e. The Morgan fingerprint density at radius 1 is 1.07 bits per heavy atom. The molecule has 2 aliphatic heterocycles. The number of sulfonamides is 1. The topological polar surface area (TPSA) is 114 Å². The average molecular weight is 622 g/mol. The lowest BCUT2D eigenvalue weighted by molar-refractivity contribution is -0.0369. The van der Waals surface area contributed by atoms with Crippen LogP contribution in [0.5, 0.6) is 5.88 Å². The number of ether oxygens (including phenoxy) is 1. The van der Waals surface area contributed by atoms with E-state index < -0.39 is 15.8 Å². The molecular weight excluding hydrogens is 581 g/mol. The van der Waals surface area contributed by atoms with Gasteiger partial charge in [0.05, 0.1) is 10.9 Å². The summed E-state index contributed by atoms with van der Waals surface area (Å²) in [6.45, 7) is 9.78. The van der Waals surface area contributed by atoms with Crippen LogP contribution in [0.25, 0.3) is 11.3 Å². The van der Waals surface area contributed by atoms with Crippen molar-refractivity contribution >= 4 is 21.9 Å². The Balaban J connectivity index is 1.48. The monoisotopic (exact) mass is 621 g/mol. The zero-order chi connectivity index (χ0) is 31.2. The Bertz CT molecular complexity index is 1660. The maximum absolute atomic E-state index is 16.2. The van der Waals surface area contributed by atoms with Gasteiger partial charge in [0, 0.05) is 17.2 Å². The third kappa shape index (κ3) is 5.79. The van der Waals surface area contributed by atoms with E-state index >= 15 is 4.39 Å². The minimum Gasteiger partial charge on any atom is -0.473 e. The van der Waals surface area contributed by atoms with Crippen molar-refractivity contribution in [2.75, 3.05) is 24.4 Å². The van der Waals surface area contributed by atoms with Crippen molar-refractivity contribution in [3.63, 3.8) is 0 Å². The van der Waals surface area contributed by atoms with Gasteiger partial charge >= 0.3 is 0 Å². The zero-order valence-electron chi connectivity index (χ0n) is 25.7. The molecule has 44 heavy (non-hydrogen) atoms. The maximum Gasteiger partial charge on any atom is 0.264 e. The molecule has 0 unspecified atom stereocenters. The predicted molar refractivity (Wildman–Crippen MR) is 167 cm³/mol. The van der Waals surface area contributed by atoms with Crippen LogP contribution in [0.1, 0.15) is 67.4 Å². The number of anilines is 1. The molecule has 1 atom stereocenters. The molecule has 3 heterocycles. The highest BCUT2D eigenvalue weighted by molar-refractivity contribution is 7.92. The fraction of sp³-hybridized carbons (Fsp3) is 0.485. The van der Waals surface area contributed by atoms with Crippen LogP contribution in [0.3, 0.4) is 0 Å². The first kappa shape index (κ1) is 30.5. The number of carbonyl (C=O) groups is 1. The van der Waals surface area contributed by atoms with Crippen LogP contribution in [0.4, 0.5) is 10.3 Å². The third-order valence-electron chi connectivity index (χ3n) is 9.33. The van der Waals surface area contributed by atoms with Crippen molar-refractivity contribution in [1.29, 1.82) is 0 Å². The highest BCUT2D eigenvalue weighted by atomic mass is 32.2. The van der Waals surface area contributed by atoms with Crippen LogP contribution in [-0.2, 0) is 10.0 Å². The maximum atomic E-state index is 16.2. The van der Waals surface area contributed by atoms with E-state index in [1.165, 1.54) is 12.1 Å². The van der Waals surface area contributed by atoms with Gasteiger partial charge in [0.15, 0.2) is 0 Å². The number of aromatic nitrogens is 2. The van der Waals surface area contributed by atoms with E-state index in [-0.39, 0.29) is 63.9 Å². The summed E-state index contributed by atoms with van der Waals surface area (Å²) in [7, 11) is -4.23.